The van der Waals surface area contributed by atoms with E-state index in [-0.39, 0.29) is 0 Å². The van der Waals surface area contributed by atoms with Gasteiger partial charge in [-0.15, -0.1) is 0 Å². The molecule has 5 rings (SSSR count). The van der Waals surface area contributed by atoms with Crippen molar-refractivity contribution in [2.24, 2.45) is 5.92 Å². The predicted octanol–water partition coefficient (Wildman–Crippen LogP) is 5.48. The largest absolute Gasteiger partial charge is 0.446 e. The van der Waals surface area contributed by atoms with E-state index in [1.54, 1.807) is 0 Å². The number of nitrogens with zero attached hydrogens (tertiary/aromatic N) is 1. The number of hydrogen-bond donors (Lipinski definition) is 1. The lowest BCUT2D eigenvalue weighted by atomic mass is 9.79. The molecule has 0 aromatic heterocycles. The van der Waals surface area contributed by atoms with Gasteiger partial charge in [0.25, 0.3) is 0 Å². The van der Waals surface area contributed by atoms with Crippen LogP contribution in [0.2, 0.25) is 10.0 Å². The maximum absolute atomic E-state index is 10.4. The molecule has 0 amide bonds. The molecule has 2 aromatic rings. The van der Waals surface area contributed by atoms with Crippen LogP contribution in [0.15, 0.2) is 30.3 Å². The summed E-state index contributed by atoms with van der Waals surface area (Å²) < 4.78 is 31.2. The van der Waals surface area contributed by atoms with Gasteiger partial charge in [-0.3, -0.25) is 4.79 Å². The third-order valence-electron chi connectivity index (χ3n) is 6.00. The van der Waals surface area contributed by atoms with Crippen molar-refractivity contribution < 1.29 is 18.0 Å². The van der Waals surface area contributed by atoms with Crippen molar-refractivity contribution in [3.63, 3.8) is 0 Å². The Balaban J connectivity index is 0.000000322. The van der Waals surface area contributed by atoms with E-state index in [9.17, 15) is 13.2 Å². The van der Waals surface area contributed by atoms with Crippen molar-refractivity contribution in [2.45, 2.75) is 24.9 Å². The minimum atomic E-state index is -4.64. The second-order valence-corrected chi connectivity index (χ2v) is 8.69. The lowest BCUT2D eigenvalue weighted by Crippen LogP contribution is -2.40. The number of nitrogens with one attached hydrogen (secondary N) is 1. The first-order valence-electron chi connectivity index (χ1n) is 9.88. The van der Waals surface area contributed by atoms with Gasteiger partial charge in [-0.1, -0.05) is 35.3 Å². The number of benzene rings is 2. The number of aldehydes is 1. The number of halogens is 5. The molecule has 0 unspecified atom stereocenters. The van der Waals surface area contributed by atoms with Gasteiger partial charge in [-0.2, -0.15) is 13.2 Å². The highest BCUT2D eigenvalue weighted by Crippen LogP contribution is 2.47. The predicted molar refractivity (Wildman–Crippen MR) is 114 cm³/mol. The summed E-state index contributed by atoms with van der Waals surface area (Å²) in [6.07, 6.45) is -3.30. The highest BCUT2D eigenvalue weighted by atomic mass is 35.5. The third kappa shape index (κ3) is 4.18. The second-order valence-electron chi connectivity index (χ2n) is 7.91. The van der Waals surface area contributed by atoms with E-state index in [0.717, 1.165) is 31.0 Å². The Labute approximate surface area is 183 Å². The van der Waals surface area contributed by atoms with Gasteiger partial charge >= 0.3 is 6.18 Å². The zero-order valence-corrected chi connectivity index (χ0v) is 17.6. The molecule has 3 aliphatic heterocycles. The van der Waals surface area contributed by atoms with Crippen LogP contribution in [-0.2, 0) is 11.2 Å². The zero-order valence-electron chi connectivity index (χ0n) is 16.1. The normalized spacial score (nSPS) is 22.0. The summed E-state index contributed by atoms with van der Waals surface area (Å²) in [5.41, 5.74) is 6.77. The van der Waals surface area contributed by atoms with E-state index < -0.39 is 12.5 Å². The number of alkyl halides is 3. The number of anilines is 1. The highest BCUT2D eigenvalue weighted by molar-refractivity contribution is 6.43. The molecule has 30 heavy (non-hydrogen) atoms. The molecular formula is C22H21Cl2F3N2O. The van der Waals surface area contributed by atoms with Crippen LogP contribution >= 0.6 is 23.2 Å². The number of carbonyl (C=O) groups is 1. The zero-order chi connectivity index (χ0) is 21.5. The summed E-state index contributed by atoms with van der Waals surface area (Å²) in [5, 5.41) is 4.89. The molecule has 2 aromatic carbocycles. The maximum Gasteiger partial charge on any atom is 0.446 e. The monoisotopic (exact) mass is 456 g/mol. The molecule has 1 fully saturated rings. The fourth-order valence-corrected chi connectivity index (χ4v) is 5.20. The van der Waals surface area contributed by atoms with Crippen molar-refractivity contribution >= 4 is 35.2 Å². The van der Waals surface area contributed by atoms with Gasteiger partial charge in [0.2, 0.25) is 6.29 Å². The molecule has 1 N–H and O–H groups in total. The SMILES string of the molecule is Clc1cccc(-c2cc3c4c(c2)[C@@H]2CNC[C@@H]2CN4CCC3)c1Cl.O=CC(F)(F)F. The third-order valence-corrected chi connectivity index (χ3v) is 6.82. The van der Waals surface area contributed by atoms with Crippen molar-refractivity contribution in [3.8, 4) is 11.1 Å². The minimum absolute atomic E-state index is 0.627. The molecule has 2 atom stereocenters. The molecule has 160 valence electrons. The number of carbonyl (C=O) groups excluding carboxylic acids is 1. The van der Waals surface area contributed by atoms with Gasteiger partial charge in [0.1, 0.15) is 0 Å². The molecule has 8 heteroatoms. The summed E-state index contributed by atoms with van der Waals surface area (Å²) in [6, 6.07) is 10.6. The quantitative estimate of drug-likeness (QED) is 0.576. The Morgan fingerprint density at radius 2 is 1.93 bits per heavy atom. The van der Waals surface area contributed by atoms with Gasteiger partial charge in [-0.25, -0.2) is 0 Å². The van der Waals surface area contributed by atoms with E-state index >= 15 is 0 Å². The fraction of sp³-hybridized carbons (Fsp3) is 0.409. The highest BCUT2D eigenvalue weighted by Gasteiger charge is 2.39. The van der Waals surface area contributed by atoms with Crippen LogP contribution in [0.3, 0.4) is 0 Å². The van der Waals surface area contributed by atoms with E-state index in [2.05, 4.69) is 28.4 Å². The average Bonchev–Trinajstić information content (AvgIpc) is 3.19. The molecule has 3 heterocycles. The molecule has 0 radical (unpaired) electrons. The summed E-state index contributed by atoms with van der Waals surface area (Å²) in [5.74, 6) is 1.36. The number of aryl methyl sites for hydroxylation is 1. The Kier molecular flexibility index (Phi) is 6.02. The summed E-state index contributed by atoms with van der Waals surface area (Å²) in [6.45, 7) is 4.63. The maximum atomic E-state index is 10.4. The minimum Gasteiger partial charge on any atom is -0.371 e. The van der Waals surface area contributed by atoms with Crippen LogP contribution in [-0.4, -0.2) is 38.6 Å². The smallest absolute Gasteiger partial charge is 0.371 e. The fourth-order valence-electron chi connectivity index (χ4n) is 4.79. The van der Waals surface area contributed by atoms with E-state index in [1.165, 1.54) is 41.9 Å². The first kappa shape index (κ1) is 21.5. The summed E-state index contributed by atoms with van der Waals surface area (Å²) >= 11 is 12.8. The standard InChI is InChI=1S/C20H20Cl2N2.C2HF3O/c21-18-5-1-4-15(19(18)22)13-7-12-3-2-6-24-11-14-9-23-10-17(14)16(8-13)20(12)24;3-2(4,5)1-6/h1,4-5,7-8,14,17,23H,2-3,6,9-11H2;1H/t14-,17-;/m1./s1. The van der Waals surface area contributed by atoms with Gasteiger partial charge < -0.3 is 10.2 Å². The Morgan fingerprint density at radius 3 is 2.67 bits per heavy atom. The van der Waals surface area contributed by atoms with Crippen LogP contribution in [0.25, 0.3) is 11.1 Å². The molecule has 3 nitrogen and oxygen atoms in total. The second kappa shape index (κ2) is 8.40. The number of fused-ring (bicyclic) bond motifs is 2. The Hall–Kier alpha value is -1.76. The van der Waals surface area contributed by atoms with Gasteiger partial charge in [-0.05, 0) is 53.6 Å². The topological polar surface area (TPSA) is 32.3 Å². The molecule has 0 saturated carbocycles. The Bertz CT molecular complexity index is 964. The van der Waals surface area contributed by atoms with Crippen molar-refractivity contribution in [2.75, 3.05) is 31.1 Å². The molecule has 0 bridgehead atoms. The van der Waals surface area contributed by atoms with Gasteiger partial charge in [0, 0.05) is 43.3 Å². The molecule has 1 saturated heterocycles. The van der Waals surface area contributed by atoms with Crippen LogP contribution in [0.1, 0.15) is 23.5 Å². The summed E-state index contributed by atoms with van der Waals surface area (Å²) in [7, 11) is 0. The van der Waals surface area contributed by atoms with Crippen molar-refractivity contribution in [1.29, 1.82) is 0 Å². The molecule has 0 spiro atoms. The molecule has 3 aliphatic rings. The van der Waals surface area contributed by atoms with Crippen LogP contribution in [0.4, 0.5) is 18.9 Å². The summed E-state index contributed by atoms with van der Waals surface area (Å²) in [4.78, 5) is 11.3. The van der Waals surface area contributed by atoms with E-state index in [1.807, 2.05) is 12.1 Å². The molecule has 0 aliphatic carbocycles. The van der Waals surface area contributed by atoms with Crippen LogP contribution in [0.5, 0.6) is 0 Å². The van der Waals surface area contributed by atoms with Crippen molar-refractivity contribution in [3.05, 3.63) is 51.5 Å². The number of rotatable bonds is 1. The lowest BCUT2D eigenvalue weighted by molar-refractivity contribution is -0.156. The van der Waals surface area contributed by atoms with E-state index in [4.69, 9.17) is 28.0 Å². The van der Waals surface area contributed by atoms with E-state index in [0.29, 0.717) is 16.0 Å². The van der Waals surface area contributed by atoms with Gasteiger partial charge in [0.15, 0.2) is 0 Å². The lowest BCUT2D eigenvalue weighted by Gasteiger charge is -2.42. The Morgan fingerprint density at radius 1 is 1.17 bits per heavy atom. The van der Waals surface area contributed by atoms with Crippen LogP contribution < -0.4 is 10.2 Å². The van der Waals surface area contributed by atoms with Crippen LogP contribution in [0, 0.1) is 5.92 Å². The first-order valence-corrected chi connectivity index (χ1v) is 10.6. The average molecular weight is 457 g/mol. The number of hydrogen-bond acceptors (Lipinski definition) is 3. The molecular weight excluding hydrogens is 436 g/mol. The first-order chi connectivity index (χ1) is 14.3. The van der Waals surface area contributed by atoms with Crippen molar-refractivity contribution in [1.82, 2.24) is 5.32 Å². The van der Waals surface area contributed by atoms with Gasteiger partial charge in [0.05, 0.1) is 10.0 Å².